The van der Waals surface area contributed by atoms with E-state index in [4.69, 9.17) is 15.2 Å². The summed E-state index contributed by atoms with van der Waals surface area (Å²) in [5, 5.41) is 0.280. The quantitative estimate of drug-likeness (QED) is 0.693. The standard InChI is InChI=1S/C19H16FNO3S/c1-23-13-10-6-9-12(16(13)20)17-14(11-7-4-3-5-8-11)15(18(21)25-17)19(22)24-2/h3-10H,21H2,1-2H3. The number of anilines is 1. The van der Waals surface area contributed by atoms with Gasteiger partial charge >= 0.3 is 5.97 Å². The number of carbonyl (C=O) groups is 1. The normalized spacial score (nSPS) is 10.5. The number of thiophene rings is 1. The van der Waals surface area contributed by atoms with E-state index in [0.29, 0.717) is 16.0 Å². The topological polar surface area (TPSA) is 61.5 Å². The molecule has 0 bridgehead atoms. The molecule has 0 saturated heterocycles. The fourth-order valence-corrected chi connectivity index (χ4v) is 3.76. The minimum Gasteiger partial charge on any atom is -0.494 e. The van der Waals surface area contributed by atoms with Crippen molar-refractivity contribution < 1.29 is 18.7 Å². The van der Waals surface area contributed by atoms with E-state index in [0.717, 1.165) is 16.9 Å². The van der Waals surface area contributed by atoms with Gasteiger partial charge in [0.05, 0.1) is 14.2 Å². The third-order valence-electron chi connectivity index (χ3n) is 3.82. The van der Waals surface area contributed by atoms with E-state index >= 15 is 0 Å². The third-order valence-corrected chi connectivity index (χ3v) is 4.87. The van der Waals surface area contributed by atoms with Crippen LogP contribution in [0.1, 0.15) is 10.4 Å². The van der Waals surface area contributed by atoms with E-state index < -0.39 is 11.8 Å². The van der Waals surface area contributed by atoms with Gasteiger partial charge in [-0.2, -0.15) is 0 Å². The predicted octanol–water partition coefficient (Wildman–Crippen LogP) is 4.60. The van der Waals surface area contributed by atoms with Crippen LogP contribution in [0.4, 0.5) is 9.39 Å². The molecule has 4 nitrogen and oxygen atoms in total. The van der Waals surface area contributed by atoms with Crippen molar-refractivity contribution in [2.45, 2.75) is 0 Å². The summed E-state index contributed by atoms with van der Waals surface area (Å²) >= 11 is 1.15. The molecule has 3 rings (SSSR count). The van der Waals surface area contributed by atoms with Gasteiger partial charge in [-0.1, -0.05) is 42.5 Å². The lowest BCUT2D eigenvalue weighted by Gasteiger charge is -2.10. The summed E-state index contributed by atoms with van der Waals surface area (Å²) in [7, 11) is 2.70. The highest BCUT2D eigenvalue weighted by Gasteiger charge is 2.26. The molecule has 2 aromatic carbocycles. The number of hydrogen-bond donors (Lipinski definition) is 1. The summed E-state index contributed by atoms with van der Waals surface area (Å²) in [5.41, 5.74) is 7.96. The van der Waals surface area contributed by atoms with Crippen LogP contribution >= 0.6 is 11.3 Å². The summed E-state index contributed by atoms with van der Waals surface area (Å²) in [5.74, 6) is -0.926. The number of methoxy groups -OCH3 is 2. The maximum atomic E-state index is 14.8. The Labute approximate surface area is 148 Å². The Kier molecular flexibility index (Phi) is 4.72. The lowest BCUT2D eigenvalue weighted by molar-refractivity contribution is 0.0603. The average Bonchev–Trinajstić information content (AvgIpc) is 2.99. The highest BCUT2D eigenvalue weighted by Crippen LogP contribution is 2.46. The zero-order valence-corrected chi connectivity index (χ0v) is 14.5. The number of nitrogens with two attached hydrogens (primary N) is 1. The van der Waals surface area contributed by atoms with Crippen LogP contribution < -0.4 is 10.5 Å². The highest BCUT2D eigenvalue weighted by molar-refractivity contribution is 7.20. The lowest BCUT2D eigenvalue weighted by Crippen LogP contribution is -2.04. The Balaban J connectivity index is 2.34. The van der Waals surface area contributed by atoms with Gasteiger partial charge < -0.3 is 15.2 Å². The molecule has 0 aliphatic heterocycles. The van der Waals surface area contributed by atoms with Gasteiger partial charge in [-0.15, -0.1) is 11.3 Å². The fraction of sp³-hybridized carbons (Fsp3) is 0.105. The number of benzene rings is 2. The van der Waals surface area contributed by atoms with Crippen LogP contribution in [0.3, 0.4) is 0 Å². The third kappa shape index (κ3) is 2.96. The van der Waals surface area contributed by atoms with Crippen molar-refractivity contribution in [3.05, 3.63) is 59.9 Å². The smallest absolute Gasteiger partial charge is 0.341 e. The van der Waals surface area contributed by atoms with Crippen molar-refractivity contribution in [2.24, 2.45) is 0 Å². The number of halogens is 1. The summed E-state index contributed by atoms with van der Waals surface area (Å²) in [6, 6.07) is 14.1. The zero-order valence-electron chi connectivity index (χ0n) is 13.7. The molecule has 3 aromatic rings. The van der Waals surface area contributed by atoms with Gasteiger partial charge in [0.2, 0.25) is 0 Å². The van der Waals surface area contributed by atoms with Crippen LogP contribution in [-0.2, 0) is 4.74 Å². The second kappa shape index (κ2) is 6.94. The lowest BCUT2D eigenvalue weighted by atomic mass is 9.97. The Morgan fingerprint density at radius 1 is 1.08 bits per heavy atom. The number of esters is 1. The van der Waals surface area contributed by atoms with Gasteiger partial charge in [-0.3, -0.25) is 0 Å². The Morgan fingerprint density at radius 3 is 2.44 bits per heavy atom. The average molecular weight is 357 g/mol. The number of nitrogen functional groups attached to an aromatic ring is 1. The zero-order chi connectivity index (χ0) is 18.0. The summed E-state index contributed by atoms with van der Waals surface area (Å²) in [4.78, 5) is 12.8. The molecule has 1 aromatic heterocycles. The molecule has 128 valence electrons. The van der Waals surface area contributed by atoms with Crippen LogP contribution in [0.25, 0.3) is 21.6 Å². The molecule has 0 fully saturated rings. The van der Waals surface area contributed by atoms with Gasteiger partial charge in [-0.25, -0.2) is 9.18 Å². The van der Waals surface area contributed by atoms with Gasteiger partial charge in [0.15, 0.2) is 11.6 Å². The predicted molar refractivity (Wildman–Crippen MR) is 97.5 cm³/mol. The van der Waals surface area contributed by atoms with Crippen molar-refractivity contribution in [1.82, 2.24) is 0 Å². The van der Waals surface area contributed by atoms with Crippen molar-refractivity contribution in [1.29, 1.82) is 0 Å². The van der Waals surface area contributed by atoms with Crippen molar-refractivity contribution >= 4 is 22.3 Å². The van der Waals surface area contributed by atoms with Gasteiger partial charge in [0.1, 0.15) is 10.6 Å². The molecule has 2 N–H and O–H groups in total. The SMILES string of the molecule is COC(=O)c1c(N)sc(-c2cccc(OC)c2F)c1-c1ccccc1. The molecule has 6 heteroatoms. The van der Waals surface area contributed by atoms with E-state index in [1.54, 1.807) is 18.2 Å². The van der Waals surface area contributed by atoms with Crippen molar-refractivity contribution in [3.63, 3.8) is 0 Å². The Morgan fingerprint density at radius 2 is 1.80 bits per heavy atom. The molecule has 1 heterocycles. The number of ether oxygens (including phenoxy) is 2. The molecule has 0 saturated carbocycles. The second-order valence-corrected chi connectivity index (χ2v) is 6.28. The van der Waals surface area contributed by atoms with E-state index in [9.17, 15) is 9.18 Å². The number of carbonyl (C=O) groups excluding carboxylic acids is 1. The fourth-order valence-electron chi connectivity index (χ4n) is 2.67. The van der Waals surface area contributed by atoms with E-state index in [-0.39, 0.29) is 16.3 Å². The minimum absolute atomic E-state index is 0.128. The molecule has 0 unspecified atom stereocenters. The molecule has 0 radical (unpaired) electrons. The highest BCUT2D eigenvalue weighted by atomic mass is 32.1. The molecule has 0 aliphatic rings. The Bertz CT molecular complexity index is 922. The minimum atomic E-state index is -0.554. The molecule has 0 spiro atoms. The molecular weight excluding hydrogens is 341 g/mol. The maximum absolute atomic E-state index is 14.8. The first-order valence-electron chi connectivity index (χ1n) is 7.47. The van der Waals surface area contributed by atoms with Crippen LogP contribution in [0, 0.1) is 5.82 Å². The first kappa shape index (κ1) is 17.0. The first-order chi connectivity index (χ1) is 12.1. The van der Waals surface area contributed by atoms with E-state index in [1.807, 2.05) is 30.3 Å². The monoisotopic (exact) mass is 357 g/mol. The van der Waals surface area contributed by atoms with Gasteiger partial charge in [-0.05, 0) is 11.6 Å². The first-order valence-corrected chi connectivity index (χ1v) is 8.29. The summed E-state index contributed by atoms with van der Waals surface area (Å²) in [6.07, 6.45) is 0. The number of hydrogen-bond acceptors (Lipinski definition) is 5. The molecular formula is C19H16FNO3S. The second-order valence-electron chi connectivity index (χ2n) is 5.22. The van der Waals surface area contributed by atoms with Crippen LogP contribution in [0.15, 0.2) is 48.5 Å². The molecule has 0 amide bonds. The largest absolute Gasteiger partial charge is 0.494 e. The van der Waals surface area contributed by atoms with Gasteiger partial charge in [0.25, 0.3) is 0 Å². The van der Waals surface area contributed by atoms with E-state index in [2.05, 4.69) is 0 Å². The Hall–Kier alpha value is -2.86. The molecule has 25 heavy (non-hydrogen) atoms. The molecule has 0 atom stereocenters. The van der Waals surface area contributed by atoms with Crippen LogP contribution in [0.2, 0.25) is 0 Å². The van der Waals surface area contributed by atoms with E-state index in [1.165, 1.54) is 14.2 Å². The van der Waals surface area contributed by atoms with Crippen LogP contribution in [-0.4, -0.2) is 20.2 Å². The van der Waals surface area contributed by atoms with Crippen LogP contribution in [0.5, 0.6) is 5.75 Å². The maximum Gasteiger partial charge on any atom is 0.341 e. The molecule has 0 aliphatic carbocycles. The number of rotatable bonds is 4. The van der Waals surface area contributed by atoms with Crippen molar-refractivity contribution in [3.8, 4) is 27.3 Å². The summed E-state index contributed by atoms with van der Waals surface area (Å²) < 4.78 is 24.7. The van der Waals surface area contributed by atoms with Crippen molar-refractivity contribution in [2.75, 3.05) is 20.0 Å². The van der Waals surface area contributed by atoms with Gasteiger partial charge in [0, 0.05) is 16.0 Å². The summed E-state index contributed by atoms with van der Waals surface area (Å²) in [6.45, 7) is 0.